The van der Waals surface area contributed by atoms with E-state index >= 15 is 0 Å². The van der Waals surface area contributed by atoms with Crippen molar-refractivity contribution < 1.29 is 9.76 Å². The molecule has 0 fully saturated rings. The standard InChI is InChI=1S/C18H20BN4O2/c1-25-18-8-4-15(5-9-18)13-23-17(12-21-22-23)11-20-10-14-2-6-16(19-24)7-3-14/h2-9,12,20,24H,10-11,13H2,1H3. The molecule has 7 heteroatoms. The van der Waals surface area contributed by atoms with Crippen molar-refractivity contribution >= 4 is 12.9 Å². The molecule has 0 aliphatic rings. The molecular weight excluding hydrogens is 315 g/mol. The summed E-state index contributed by atoms with van der Waals surface area (Å²) in [5, 5.41) is 20.5. The maximum Gasteiger partial charge on any atom is 0.326 e. The first kappa shape index (κ1) is 17.2. The second-order valence-electron chi connectivity index (χ2n) is 5.71. The van der Waals surface area contributed by atoms with E-state index in [0.717, 1.165) is 42.1 Å². The van der Waals surface area contributed by atoms with Crippen LogP contribution in [0.4, 0.5) is 0 Å². The van der Waals surface area contributed by atoms with E-state index < -0.39 is 0 Å². The predicted molar refractivity (Wildman–Crippen MR) is 96.7 cm³/mol. The summed E-state index contributed by atoms with van der Waals surface area (Å²) in [6.45, 7) is 2.08. The number of rotatable bonds is 8. The molecule has 1 aromatic heterocycles. The number of hydrogen-bond donors (Lipinski definition) is 2. The number of nitrogens with one attached hydrogen (secondary N) is 1. The van der Waals surface area contributed by atoms with Crippen molar-refractivity contribution in [1.82, 2.24) is 20.3 Å². The Hall–Kier alpha value is -2.64. The van der Waals surface area contributed by atoms with Gasteiger partial charge in [0.2, 0.25) is 0 Å². The third kappa shape index (κ3) is 4.68. The number of benzene rings is 2. The normalized spacial score (nSPS) is 10.6. The van der Waals surface area contributed by atoms with Gasteiger partial charge in [0.25, 0.3) is 0 Å². The van der Waals surface area contributed by atoms with Crippen LogP contribution >= 0.6 is 0 Å². The lowest BCUT2D eigenvalue weighted by Crippen LogP contribution is -2.18. The molecule has 0 saturated heterocycles. The zero-order chi connectivity index (χ0) is 17.5. The third-order valence-electron chi connectivity index (χ3n) is 3.95. The zero-order valence-electron chi connectivity index (χ0n) is 14.1. The maximum atomic E-state index is 8.95. The number of methoxy groups -OCH3 is 1. The Labute approximate surface area is 147 Å². The largest absolute Gasteiger partial charge is 0.497 e. The summed E-state index contributed by atoms with van der Waals surface area (Å²) in [7, 11) is 2.76. The first-order chi connectivity index (χ1) is 12.3. The second kappa shape index (κ2) is 8.46. The molecule has 2 N–H and O–H groups in total. The van der Waals surface area contributed by atoms with Gasteiger partial charge in [0.05, 0.1) is 25.5 Å². The van der Waals surface area contributed by atoms with Gasteiger partial charge in [0.1, 0.15) is 5.75 Å². The van der Waals surface area contributed by atoms with Crippen molar-refractivity contribution in [2.24, 2.45) is 0 Å². The molecule has 6 nitrogen and oxygen atoms in total. The van der Waals surface area contributed by atoms with Crippen LogP contribution in [0.3, 0.4) is 0 Å². The summed E-state index contributed by atoms with van der Waals surface area (Å²) >= 11 is 0. The lowest BCUT2D eigenvalue weighted by Gasteiger charge is -2.09. The van der Waals surface area contributed by atoms with Crippen molar-refractivity contribution in [2.75, 3.05) is 7.11 Å². The van der Waals surface area contributed by atoms with Gasteiger partial charge in [-0.05, 0) is 23.3 Å². The van der Waals surface area contributed by atoms with E-state index in [1.54, 1.807) is 13.3 Å². The number of aromatic nitrogens is 3. The topological polar surface area (TPSA) is 72.2 Å². The molecule has 0 saturated carbocycles. The molecule has 0 aliphatic heterocycles. The third-order valence-corrected chi connectivity index (χ3v) is 3.95. The smallest absolute Gasteiger partial charge is 0.326 e. The van der Waals surface area contributed by atoms with E-state index in [0.29, 0.717) is 13.1 Å². The van der Waals surface area contributed by atoms with Crippen molar-refractivity contribution in [3.05, 3.63) is 71.5 Å². The molecular formula is C18H20BN4O2. The van der Waals surface area contributed by atoms with E-state index in [2.05, 4.69) is 15.6 Å². The number of nitrogens with zero attached hydrogens (tertiary/aromatic N) is 3. The van der Waals surface area contributed by atoms with E-state index in [1.807, 2.05) is 53.2 Å². The van der Waals surface area contributed by atoms with E-state index in [4.69, 9.17) is 9.76 Å². The molecule has 3 rings (SSSR count). The second-order valence-corrected chi connectivity index (χ2v) is 5.71. The molecule has 127 valence electrons. The lowest BCUT2D eigenvalue weighted by atomic mass is 9.88. The molecule has 0 bridgehead atoms. The van der Waals surface area contributed by atoms with Crippen LogP contribution in [0.15, 0.2) is 54.7 Å². The van der Waals surface area contributed by atoms with Crippen LogP contribution in [0.25, 0.3) is 0 Å². The molecule has 1 heterocycles. The van der Waals surface area contributed by atoms with Gasteiger partial charge in [0, 0.05) is 13.1 Å². The quantitative estimate of drug-likeness (QED) is 0.598. The van der Waals surface area contributed by atoms with Crippen molar-refractivity contribution in [1.29, 1.82) is 0 Å². The SMILES string of the molecule is COc1ccc(Cn2nncc2CNCc2ccc([B]O)cc2)cc1. The lowest BCUT2D eigenvalue weighted by molar-refractivity contribution is 0.414. The highest BCUT2D eigenvalue weighted by Crippen LogP contribution is 2.12. The van der Waals surface area contributed by atoms with Gasteiger partial charge >= 0.3 is 7.48 Å². The number of ether oxygens (including phenoxy) is 1. The molecule has 0 unspecified atom stereocenters. The van der Waals surface area contributed by atoms with E-state index in [1.165, 1.54) is 0 Å². The Bertz CT molecular complexity index is 788. The highest BCUT2D eigenvalue weighted by atomic mass is 16.5. The monoisotopic (exact) mass is 335 g/mol. The van der Waals surface area contributed by atoms with Gasteiger partial charge in [-0.2, -0.15) is 0 Å². The molecule has 0 amide bonds. The van der Waals surface area contributed by atoms with Crippen LogP contribution < -0.4 is 15.5 Å². The molecule has 0 spiro atoms. The molecule has 2 aromatic carbocycles. The van der Waals surface area contributed by atoms with Crippen LogP contribution in [-0.4, -0.2) is 34.6 Å². The van der Waals surface area contributed by atoms with Crippen LogP contribution in [0.1, 0.15) is 16.8 Å². The van der Waals surface area contributed by atoms with Gasteiger partial charge in [-0.15, -0.1) is 5.10 Å². The summed E-state index contributed by atoms with van der Waals surface area (Å²) in [5.74, 6) is 0.842. The van der Waals surface area contributed by atoms with Crippen LogP contribution in [0.2, 0.25) is 0 Å². The minimum absolute atomic E-state index is 0.669. The fraction of sp³-hybridized carbons (Fsp3) is 0.222. The van der Waals surface area contributed by atoms with Gasteiger partial charge in [-0.25, -0.2) is 4.68 Å². The highest BCUT2D eigenvalue weighted by molar-refractivity contribution is 6.45. The van der Waals surface area contributed by atoms with Crippen molar-refractivity contribution in [3.63, 3.8) is 0 Å². The molecule has 0 atom stereocenters. The van der Waals surface area contributed by atoms with Crippen LogP contribution in [-0.2, 0) is 19.6 Å². The Morgan fingerprint density at radius 2 is 1.76 bits per heavy atom. The average Bonchev–Trinajstić information content (AvgIpc) is 3.10. The maximum absolute atomic E-state index is 8.95. The average molecular weight is 335 g/mol. The minimum atomic E-state index is 0.669. The van der Waals surface area contributed by atoms with E-state index in [9.17, 15) is 0 Å². The zero-order valence-corrected chi connectivity index (χ0v) is 14.1. The summed E-state index contributed by atoms with van der Waals surface area (Å²) in [5.41, 5.74) is 4.12. The van der Waals surface area contributed by atoms with Crippen LogP contribution in [0, 0.1) is 0 Å². The van der Waals surface area contributed by atoms with Crippen molar-refractivity contribution in [3.8, 4) is 5.75 Å². The van der Waals surface area contributed by atoms with Gasteiger partial charge in [-0.3, -0.25) is 0 Å². The highest BCUT2D eigenvalue weighted by Gasteiger charge is 2.05. The Balaban J connectivity index is 1.55. The van der Waals surface area contributed by atoms with Gasteiger partial charge in [-0.1, -0.05) is 47.1 Å². The fourth-order valence-electron chi connectivity index (χ4n) is 2.51. The molecule has 1 radical (unpaired) electrons. The van der Waals surface area contributed by atoms with E-state index in [-0.39, 0.29) is 0 Å². The summed E-state index contributed by atoms with van der Waals surface area (Å²) in [4.78, 5) is 0. The fourth-order valence-corrected chi connectivity index (χ4v) is 2.51. The molecule has 25 heavy (non-hydrogen) atoms. The van der Waals surface area contributed by atoms with Crippen molar-refractivity contribution in [2.45, 2.75) is 19.6 Å². The first-order valence-corrected chi connectivity index (χ1v) is 8.06. The predicted octanol–water partition coefficient (Wildman–Crippen LogP) is 0.862. The molecule has 3 aromatic rings. The summed E-state index contributed by atoms with van der Waals surface area (Å²) in [6.07, 6.45) is 1.78. The Morgan fingerprint density at radius 1 is 1.04 bits per heavy atom. The Kier molecular flexibility index (Phi) is 5.82. The van der Waals surface area contributed by atoms with Crippen LogP contribution in [0.5, 0.6) is 5.75 Å². The summed E-state index contributed by atoms with van der Waals surface area (Å²) < 4.78 is 7.06. The first-order valence-electron chi connectivity index (χ1n) is 8.06. The minimum Gasteiger partial charge on any atom is -0.497 e. The Morgan fingerprint density at radius 3 is 2.44 bits per heavy atom. The van der Waals surface area contributed by atoms with Gasteiger partial charge < -0.3 is 15.1 Å². The summed E-state index contributed by atoms with van der Waals surface area (Å²) in [6, 6.07) is 15.7. The van der Waals surface area contributed by atoms with Gasteiger partial charge in [0.15, 0.2) is 0 Å². The molecule has 0 aliphatic carbocycles. The number of hydrogen-bond acceptors (Lipinski definition) is 5.